The number of hydrogen-bond acceptors (Lipinski definition) is 6. The molecule has 1 aromatic carbocycles. The Balaban J connectivity index is 1.83. The molecular formula is C18H19N3O6S2. The van der Waals surface area contributed by atoms with Crippen molar-refractivity contribution in [3.63, 3.8) is 0 Å². The Morgan fingerprint density at radius 2 is 2.10 bits per heavy atom. The molecule has 3 amide bonds. The van der Waals surface area contributed by atoms with E-state index < -0.39 is 34.4 Å². The average molecular weight is 437 g/mol. The van der Waals surface area contributed by atoms with Gasteiger partial charge in [-0.25, -0.2) is 4.79 Å². The van der Waals surface area contributed by atoms with Crippen molar-refractivity contribution in [2.45, 2.75) is 31.8 Å². The quantitative estimate of drug-likeness (QED) is 0.668. The zero-order valence-electron chi connectivity index (χ0n) is 15.4. The van der Waals surface area contributed by atoms with Gasteiger partial charge in [-0.1, -0.05) is 31.2 Å². The summed E-state index contributed by atoms with van der Waals surface area (Å²) in [6, 6.07) is 7.73. The van der Waals surface area contributed by atoms with Crippen LogP contribution in [0.25, 0.3) is 10.4 Å². The summed E-state index contributed by atoms with van der Waals surface area (Å²) in [5, 5.41) is 0.650. The van der Waals surface area contributed by atoms with Crippen LogP contribution in [0.15, 0.2) is 30.3 Å². The van der Waals surface area contributed by atoms with Crippen molar-refractivity contribution in [3.8, 4) is 10.4 Å². The lowest BCUT2D eigenvalue weighted by molar-refractivity contribution is -0.119. The van der Waals surface area contributed by atoms with E-state index in [1.54, 1.807) is 0 Å². The zero-order valence-corrected chi connectivity index (χ0v) is 17.1. The van der Waals surface area contributed by atoms with E-state index in [0.29, 0.717) is 10.6 Å². The number of amides is 3. The van der Waals surface area contributed by atoms with E-state index in [9.17, 15) is 18.0 Å². The molecule has 3 heterocycles. The van der Waals surface area contributed by atoms with Gasteiger partial charge in [-0.05, 0) is 29.2 Å². The predicted molar refractivity (Wildman–Crippen MR) is 105 cm³/mol. The van der Waals surface area contributed by atoms with E-state index in [1.165, 1.54) is 16.2 Å². The van der Waals surface area contributed by atoms with Crippen LogP contribution in [0, 0.1) is 0 Å². The van der Waals surface area contributed by atoms with Crippen LogP contribution in [0.2, 0.25) is 0 Å². The summed E-state index contributed by atoms with van der Waals surface area (Å²) >= 11 is 1.44. The molecule has 29 heavy (non-hydrogen) atoms. The highest BCUT2D eigenvalue weighted by Gasteiger charge is 2.51. The molecule has 1 fully saturated rings. The second-order valence-electron chi connectivity index (χ2n) is 6.91. The van der Waals surface area contributed by atoms with Gasteiger partial charge < -0.3 is 10.6 Å². The first kappa shape index (κ1) is 19.8. The standard InChI is InChI=1S/C18H19N3O6S2/c1-2-10-5-3-4-6-11(10)15-7-12-14-9-20(13(8-16(19)22)17(12)28-15)18(23)21(14)27-29(24,25)26/h3-7,13-14H,2,8-9H2,1H3,(H2,19,22)(H,24,25,26)/t13-,14-/m1/s1. The van der Waals surface area contributed by atoms with Crippen LogP contribution in [0.1, 0.15) is 41.4 Å². The summed E-state index contributed by atoms with van der Waals surface area (Å²) in [6.07, 6.45) is 0.732. The zero-order chi connectivity index (χ0) is 20.9. The fraction of sp³-hybridized carbons (Fsp3) is 0.333. The number of carbonyl (C=O) groups excluding carboxylic acids is 2. The third kappa shape index (κ3) is 3.50. The third-order valence-corrected chi connectivity index (χ3v) is 6.78. The minimum atomic E-state index is -4.89. The van der Waals surface area contributed by atoms with E-state index in [1.807, 2.05) is 30.3 Å². The maximum Gasteiger partial charge on any atom is 0.418 e. The van der Waals surface area contributed by atoms with Gasteiger partial charge in [0.1, 0.15) is 6.04 Å². The summed E-state index contributed by atoms with van der Waals surface area (Å²) in [5.41, 5.74) is 8.27. The molecule has 154 valence electrons. The number of carbonyl (C=O) groups is 2. The molecule has 0 aliphatic carbocycles. The van der Waals surface area contributed by atoms with Crippen LogP contribution < -0.4 is 5.73 Å². The fourth-order valence-corrected chi connectivity index (χ4v) is 5.71. The molecule has 11 heteroatoms. The molecule has 2 aromatic rings. The Morgan fingerprint density at radius 3 is 2.76 bits per heavy atom. The Morgan fingerprint density at radius 1 is 1.38 bits per heavy atom. The van der Waals surface area contributed by atoms with Gasteiger partial charge in [-0.3, -0.25) is 9.35 Å². The second-order valence-corrected chi connectivity index (χ2v) is 8.99. The van der Waals surface area contributed by atoms with E-state index in [0.717, 1.165) is 27.3 Å². The number of fused-ring (bicyclic) bond motifs is 4. The maximum atomic E-state index is 12.7. The van der Waals surface area contributed by atoms with Crippen molar-refractivity contribution < 1.29 is 26.8 Å². The summed E-state index contributed by atoms with van der Waals surface area (Å²) < 4.78 is 36.2. The number of benzene rings is 1. The number of rotatable bonds is 6. The summed E-state index contributed by atoms with van der Waals surface area (Å²) in [7, 11) is -4.89. The highest BCUT2D eigenvalue weighted by atomic mass is 32.3. The fourth-order valence-electron chi connectivity index (χ4n) is 3.95. The van der Waals surface area contributed by atoms with Crippen LogP contribution in [0.4, 0.5) is 4.79 Å². The van der Waals surface area contributed by atoms with E-state index >= 15 is 0 Å². The lowest BCUT2D eigenvalue weighted by atomic mass is 9.96. The smallest absolute Gasteiger partial charge is 0.370 e. The van der Waals surface area contributed by atoms with E-state index in [4.69, 9.17) is 10.3 Å². The van der Waals surface area contributed by atoms with Gasteiger partial charge in [0.2, 0.25) is 5.91 Å². The van der Waals surface area contributed by atoms with Crippen molar-refractivity contribution in [2.24, 2.45) is 5.73 Å². The van der Waals surface area contributed by atoms with Gasteiger partial charge in [0.05, 0.1) is 19.0 Å². The lowest BCUT2D eigenvalue weighted by Crippen LogP contribution is -2.36. The molecule has 1 aromatic heterocycles. The number of nitrogens with zero attached hydrogens (tertiary/aromatic N) is 2. The van der Waals surface area contributed by atoms with Gasteiger partial charge in [-0.15, -0.1) is 15.6 Å². The van der Waals surface area contributed by atoms with Crippen LogP contribution >= 0.6 is 11.3 Å². The maximum absolute atomic E-state index is 12.7. The van der Waals surface area contributed by atoms with Crippen LogP contribution in [-0.4, -0.2) is 41.4 Å². The molecule has 3 N–H and O–H groups in total. The number of hydrogen-bond donors (Lipinski definition) is 2. The molecule has 0 unspecified atom stereocenters. The molecule has 1 saturated heterocycles. The van der Waals surface area contributed by atoms with Gasteiger partial charge in [0, 0.05) is 9.75 Å². The minimum absolute atomic E-state index is 0.0967. The molecule has 2 bridgehead atoms. The number of primary amides is 1. The van der Waals surface area contributed by atoms with Crippen LogP contribution in [-0.2, 0) is 25.9 Å². The van der Waals surface area contributed by atoms with Crippen molar-refractivity contribution in [1.29, 1.82) is 0 Å². The van der Waals surface area contributed by atoms with E-state index in [-0.39, 0.29) is 13.0 Å². The molecule has 0 radical (unpaired) electrons. The summed E-state index contributed by atoms with van der Waals surface area (Å²) in [5.74, 6) is -0.578. The molecule has 9 nitrogen and oxygen atoms in total. The molecule has 0 saturated carbocycles. The Labute approximate surface area is 171 Å². The van der Waals surface area contributed by atoms with Gasteiger partial charge in [0.15, 0.2) is 0 Å². The molecule has 2 atom stereocenters. The summed E-state index contributed by atoms with van der Waals surface area (Å²) in [6.45, 7) is 2.18. The van der Waals surface area contributed by atoms with Crippen molar-refractivity contribution in [2.75, 3.05) is 6.54 Å². The Hall–Kier alpha value is -2.47. The highest BCUT2D eigenvalue weighted by molar-refractivity contribution is 7.80. The van der Waals surface area contributed by atoms with Crippen LogP contribution in [0.3, 0.4) is 0 Å². The number of hydroxylamine groups is 2. The van der Waals surface area contributed by atoms with Gasteiger partial charge >= 0.3 is 16.4 Å². The van der Waals surface area contributed by atoms with Crippen LogP contribution in [0.5, 0.6) is 0 Å². The third-order valence-electron chi connectivity index (χ3n) is 5.15. The van der Waals surface area contributed by atoms with Crippen molar-refractivity contribution in [1.82, 2.24) is 9.96 Å². The molecule has 2 aliphatic rings. The Bertz CT molecular complexity index is 1100. The number of urea groups is 1. The molecule has 4 rings (SSSR count). The predicted octanol–water partition coefficient (Wildman–Crippen LogP) is 2.42. The largest absolute Gasteiger partial charge is 0.418 e. The minimum Gasteiger partial charge on any atom is -0.370 e. The first-order valence-corrected chi connectivity index (χ1v) is 11.1. The first-order valence-electron chi connectivity index (χ1n) is 8.96. The topological polar surface area (TPSA) is 130 Å². The SMILES string of the molecule is CCc1ccccc1-c1cc2c(s1)[C@@H](CC(N)=O)N1C[C@H]2N(OS(=O)(=O)O)C1=O. The monoisotopic (exact) mass is 437 g/mol. The second kappa shape index (κ2) is 7.10. The normalized spacial score (nSPS) is 20.8. The van der Waals surface area contributed by atoms with Crippen molar-refractivity contribution in [3.05, 3.63) is 46.3 Å². The number of aryl methyl sites for hydroxylation is 1. The van der Waals surface area contributed by atoms with Crippen molar-refractivity contribution >= 4 is 33.7 Å². The molecule has 0 spiro atoms. The average Bonchev–Trinajstić information content (AvgIpc) is 3.20. The molecular weight excluding hydrogens is 418 g/mol. The first-order chi connectivity index (χ1) is 13.7. The molecule has 2 aliphatic heterocycles. The van der Waals surface area contributed by atoms with E-state index in [2.05, 4.69) is 11.2 Å². The summed E-state index contributed by atoms with van der Waals surface area (Å²) in [4.78, 5) is 27.4. The number of nitrogens with two attached hydrogens (primary N) is 1. The highest BCUT2D eigenvalue weighted by Crippen LogP contribution is 2.50. The Kier molecular flexibility index (Phi) is 4.85. The van der Waals surface area contributed by atoms with Gasteiger partial charge in [-0.2, -0.15) is 13.5 Å². The lowest BCUT2D eigenvalue weighted by Gasteiger charge is -2.29. The number of thiophene rings is 1. The van der Waals surface area contributed by atoms with Gasteiger partial charge in [0.25, 0.3) is 0 Å².